The maximum Gasteiger partial charge on any atom is 0.157 e. The van der Waals surface area contributed by atoms with Crippen LogP contribution in [-0.4, -0.2) is 52.8 Å². The van der Waals surface area contributed by atoms with Crippen LogP contribution in [0.25, 0.3) is 0 Å². The monoisotopic (exact) mass is 246 g/mol. The molecule has 1 rings (SSSR count). The van der Waals surface area contributed by atoms with E-state index in [4.69, 9.17) is 0 Å². The second-order valence-electron chi connectivity index (χ2n) is 4.00. The van der Waals surface area contributed by atoms with Gasteiger partial charge in [0.05, 0.1) is 18.2 Å². The minimum absolute atomic E-state index is 0.517. The minimum Gasteiger partial charge on any atom is -0.248 e. The van der Waals surface area contributed by atoms with Crippen LogP contribution in [0.5, 0.6) is 0 Å². The van der Waals surface area contributed by atoms with Gasteiger partial charge in [-0.15, -0.1) is 0 Å². The predicted molar refractivity (Wildman–Crippen MR) is 65.3 cm³/mol. The van der Waals surface area contributed by atoms with E-state index in [9.17, 15) is 15.8 Å². The number of nitrogens with zero attached hydrogens (tertiary/aromatic N) is 6. The maximum atomic E-state index is 9.31. The third kappa shape index (κ3) is 2.17. The van der Waals surface area contributed by atoms with Crippen molar-refractivity contribution in [2.24, 2.45) is 0 Å². The van der Waals surface area contributed by atoms with Gasteiger partial charge >= 0.3 is 0 Å². The van der Waals surface area contributed by atoms with E-state index < -0.39 is 18.5 Å². The summed E-state index contributed by atoms with van der Waals surface area (Å²) in [6.45, 7) is 7.56. The Balaban J connectivity index is 3.22. The molecule has 0 amide bonds. The van der Waals surface area contributed by atoms with E-state index in [1.165, 1.54) is 0 Å². The van der Waals surface area contributed by atoms with Gasteiger partial charge in [-0.3, -0.25) is 0 Å². The molecule has 1 aliphatic heterocycles. The fourth-order valence-electron chi connectivity index (χ4n) is 2.46. The summed E-state index contributed by atoms with van der Waals surface area (Å²) in [5.41, 5.74) is 0. The van der Waals surface area contributed by atoms with Crippen LogP contribution in [0.4, 0.5) is 0 Å². The second kappa shape index (κ2) is 6.33. The van der Waals surface area contributed by atoms with Crippen molar-refractivity contribution in [3.63, 3.8) is 0 Å². The van der Waals surface area contributed by atoms with Crippen molar-refractivity contribution < 1.29 is 0 Å². The van der Waals surface area contributed by atoms with Gasteiger partial charge in [0.1, 0.15) is 0 Å². The summed E-state index contributed by atoms with van der Waals surface area (Å²) in [4.78, 5) is 5.46. The molecule has 6 heteroatoms. The lowest BCUT2D eigenvalue weighted by Gasteiger charge is -2.50. The highest BCUT2D eigenvalue weighted by molar-refractivity contribution is 5.10. The number of hydrogen-bond acceptors (Lipinski definition) is 6. The molecule has 6 nitrogen and oxygen atoms in total. The normalized spacial score (nSPS) is 30.3. The van der Waals surface area contributed by atoms with Gasteiger partial charge in [0.25, 0.3) is 0 Å². The van der Waals surface area contributed by atoms with E-state index in [0.717, 1.165) is 0 Å². The Morgan fingerprint density at radius 2 is 0.889 bits per heavy atom. The highest BCUT2D eigenvalue weighted by atomic mass is 15.6. The van der Waals surface area contributed by atoms with Crippen LogP contribution in [0.2, 0.25) is 0 Å². The molecule has 0 aromatic heterocycles. The summed E-state index contributed by atoms with van der Waals surface area (Å²) in [7, 11) is 0. The lowest BCUT2D eigenvalue weighted by molar-refractivity contribution is -0.111. The van der Waals surface area contributed by atoms with Crippen molar-refractivity contribution in [1.29, 1.82) is 15.8 Å². The molecular weight excluding hydrogens is 228 g/mol. The number of hydrogen-bond donors (Lipinski definition) is 0. The molecule has 0 saturated carbocycles. The average molecular weight is 246 g/mol. The highest BCUT2D eigenvalue weighted by Crippen LogP contribution is 2.24. The smallest absolute Gasteiger partial charge is 0.157 e. The Kier molecular flexibility index (Phi) is 5.07. The molecule has 0 radical (unpaired) electrons. The second-order valence-corrected chi connectivity index (χ2v) is 4.00. The predicted octanol–water partition coefficient (Wildman–Crippen LogP) is 0.515. The summed E-state index contributed by atoms with van der Waals surface area (Å²) in [6, 6.07) is 6.61. The maximum absolute atomic E-state index is 9.31. The first-order valence-corrected chi connectivity index (χ1v) is 6.16. The standard InChI is InChI=1S/C12H18N6/c1-4-16-10(7-13)17(5-2)12(9-15)18(6-3)11(16)8-14/h10-12H,4-6H2,1-3H3. The SMILES string of the molecule is CCN1C(C#N)N(CC)C(C#N)N(CC)C1C#N. The first-order chi connectivity index (χ1) is 8.69. The lowest BCUT2D eigenvalue weighted by atomic mass is 10.2. The van der Waals surface area contributed by atoms with Crippen molar-refractivity contribution >= 4 is 0 Å². The van der Waals surface area contributed by atoms with Gasteiger partial charge in [0.15, 0.2) is 18.5 Å². The quantitative estimate of drug-likeness (QED) is 0.722. The summed E-state index contributed by atoms with van der Waals surface area (Å²) >= 11 is 0. The van der Waals surface area contributed by atoms with Gasteiger partial charge in [-0.25, -0.2) is 14.7 Å². The molecule has 1 saturated heterocycles. The van der Waals surface area contributed by atoms with E-state index in [1.54, 1.807) is 0 Å². The van der Waals surface area contributed by atoms with Gasteiger partial charge in [0.2, 0.25) is 0 Å². The van der Waals surface area contributed by atoms with Gasteiger partial charge < -0.3 is 0 Å². The fraction of sp³-hybridized carbons (Fsp3) is 0.750. The van der Waals surface area contributed by atoms with Crippen molar-refractivity contribution in [2.75, 3.05) is 19.6 Å². The molecule has 0 bridgehead atoms. The minimum atomic E-state index is -0.517. The molecule has 1 fully saturated rings. The van der Waals surface area contributed by atoms with E-state index in [0.29, 0.717) is 19.6 Å². The molecule has 0 N–H and O–H groups in total. The Morgan fingerprint density at radius 1 is 0.667 bits per heavy atom. The number of rotatable bonds is 3. The first-order valence-electron chi connectivity index (χ1n) is 6.16. The Hall–Kier alpha value is -1.65. The van der Waals surface area contributed by atoms with Gasteiger partial charge in [-0.2, -0.15) is 15.8 Å². The zero-order chi connectivity index (χ0) is 13.7. The molecule has 96 valence electrons. The Labute approximate surface area is 108 Å². The molecule has 0 spiro atoms. The van der Waals surface area contributed by atoms with Gasteiger partial charge in [0, 0.05) is 19.6 Å². The van der Waals surface area contributed by atoms with Gasteiger partial charge in [-0.1, -0.05) is 20.8 Å². The largest absolute Gasteiger partial charge is 0.248 e. The van der Waals surface area contributed by atoms with Crippen molar-refractivity contribution in [3.05, 3.63) is 0 Å². The molecule has 1 aliphatic rings. The Morgan fingerprint density at radius 3 is 1.00 bits per heavy atom. The summed E-state index contributed by atoms with van der Waals surface area (Å²) in [5.74, 6) is 0. The summed E-state index contributed by atoms with van der Waals surface area (Å²) in [6.07, 6.45) is -1.55. The lowest BCUT2D eigenvalue weighted by Crippen LogP contribution is -2.69. The molecule has 0 aliphatic carbocycles. The zero-order valence-electron chi connectivity index (χ0n) is 11.0. The van der Waals surface area contributed by atoms with Crippen LogP contribution in [-0.2, 0) is 0 Å². The molecule has 1 heterocycles. The Bertz CT molecular complexity index is 326. The van der Waals surface area contributed by atoms with Crippen LogP contribution in [0.3, 0.4) is 0 Å². The van der Waals surface area contributed by atoms with E-state index in [1.807, 2.05) is 35.5 Å². The van der Waals surface area contributed by atoms with Crippen LogP contribution in [0, 0.1) is 34.0 Å². The highest BCUT2D eigenvalue weighted by Gasteiger charge is 2.44. The summed E-state index contributed by atoms with van der Waals surface area (Å²) in [5, 5.41) is 27.9. The molecule has 0 aromatic carbocycles. The van der Waals surface area contributed by atoms with Crippen LogP contribution >= 0.6 is 0 Å². The number of nitriles is 3. The van der Waals surface area contributed by atoms with E-state index in [-0.39, 0.29) is 0 Å². The molecular formula is C12H18N6. The fourth-order valence-corrected chi connectivity index (χ4v) is 2.46. The van der Waals surface area contributed by atoms with Crippen molar-refractivity contribution in [1.82, 2.24) is 14.7 Å². The molecule has 18 heavy (non-hydrogen) atoms. The van der Waals surface area contributed by atoms with Crippen LogP contribution in [0.1, 0.15) is 20.8 Å². The zero-order valence-corrected chi connectivity index (χ0v) is 11.0. The van der Waals surface area contributed by atoms with Crippen molar-refractivity contribution in [2.45, 2.75) is 39.3 Å². The van der Waals surface area contributed by atoms with Crippen molar-refractivity contribution in [3.8, 4) is 18.2 Å². The van der Waals surface area contributed by atoms with E-state index in [2.05, 4.69) is 18.2 Å². The molecule has 0 unspecified atom stereocenters. The topological polar surface area (TPSA) is 81.1 Å². The van der Waals surface area contributed by atoms with Crippen LogP contribution < -0.4 is 0 Å². The molecule has 0 atom stereocenters. The summed E-state index contributed by atoms with van der Waals surface area (Å²) < 4.78 is 0. The third-order valence-electron chi connectivity index (χ3n) is 3.33. The molecule has 0 aromatic rings. The average Bonchev–Trinajstić information content (AvgIpc) is 2.43. The van der Waals surface area contributed by atoms with Crippen LogP contribution in [0.15, 0.2) is 0 Å². The first kappa shape index (κ1) is 14.4. The van der Waals surface area contributed by atoms with E-state index >= 15 is 0 Å². The van der Waals surface area contributed by atoms with Gasteiger partial charge in [-0.05, 0) is 0 Å². The third-order valence-corrected chi connectivity index (χ3v) is 3.33.